The average Bonchev–Trinajstić information content (AvgIpc) is 2.95. The van der Waals surface area contributed by atoms with E-state index in [4.69, 9.17) is 0 Å². The lowest BCUT2D eigenvalue weighted by atomic mass is 10.2. The first-order valence-electron chi connectivity index (χ1n) is 7.65. The highest BCUT2D eigenvalue weighted by molar-refractivity contribution is 7.99. The van der Waals surface area contributed by atoms with Crippen molar-refractivity contribution in [3.05, 3.63) is 66.2 Å². The first-order valence-corrected chi connectivity index (χ1v) is 8.63. The van der Waals surface area contributed by atoms with E-state index in [1.54, 1.807) is 0 Å². The fraction of sp³-hybridized carbons (Fsp3) is 0.105. The van der Waals surface area contributed by atoms with Gasteiger partial charge in [-0.3, -0.25) is 9.59 Å². The van der Waals surface area contributed by atoms with Crippen molar-refractivity contribution in [2.75, 3.05) is 10.7 Å². The second kappa shape index (κ2) is 6.09. The van der Waals surface area contributed by atoms with Crippen LogP contribution in [0.15, 0.2) is 65.7 Å². The van der Waals surface area contributed by atoms with Gasteiger partial charge in [0.05, 0.1) is 28.4 Å². The second-order valence-electron chi connectivity index (χ2n) is 5.56. The van der Waals surface area contributed by atoms with Crippen LogP contribution in [0.4, 0.5) is 5.69 Å². The first-order chi connectivity index (χ1) is 11.7. The van der Waals surface area contributed by atoms with Crippen LogP contribution in [0.2, 0.25) is 0 Å². The molecule has 1 aliphatic heterocycles. The Labute approximate surface area is 143 Å². The molecule has 1 aliphatic rings. The quantitative estimate of drug-likeness (QED) is 0.689. The standard InChI is InChI=1S/C19H14N2O2S/c22-18-11-14-6-2-4-8-16(14)21(18)19(23)12-24-17-10-9-13-5-1-3-7-15(13)20-17/h1-10H,11-12H2. The number of amides is 2. The predicted molar refractivity (Wildman–Crippen MR) is 95.1 cm³/mol. The molecule has 2 heterocycles. The van der Waals surface area contributed by atoms with Crippen LogP contribution in [0, 0.1) is 0 Å². The molecule has 0 saturated heterocycles. The molecular weight excluding hydrogens is 320 g/mol. The smallest absolute Gasteiger partial charge is 0.244 e. The number of fused-ring (bicyclic) bond motifs is 2. The molecule has 0 bridgehead atoms. The SMILES string of the molecule is O=C(CSc1ccc2ccccc2n1)N1C(=O)Cc2ccccc21. The van der Waals surface area contributed by atoms with Gasteiger partial charge < -0.3 is 0 Å². The molecule has 2 amide bonds. The van der Waals surface area contributed by atoms with Crippen molar-refractivity contribution in [1.29, 1.82) is 0 Å². The van der Waals surface area contributed by atoms with Crippen LogP contribution in [-0.4, -0.2) is 22.6 Å². The van der Waals surface area contributed by atoms with Crippen molar-refractivity contribution in [3.8, 4) is 0 Å². The molecule has 4 nitrogen and oxygen atoms in total. The number of rotatable bonds is 3. The Bertz CT molecular complexity index is 955. The summed E-state index contributed by atoms with van der Waals surface area (Å²) in [5, 5.41) is 1.85. The molecule has 118 valence electrons. The Morgan fingerprint density at radius 1 is 1.04 bits per heavy atom. The van der Waals surface area contributed by atoms with Gasteiger partial charge in [0.2, 0.25) is 11.8 Å². The van der Waals surface area contributed by atoms with Gasteiger partial charge in [0.1, 0.15) is 0 Å². The van der Waals surface area contributed by atoms with E-state index >= 15 is 0 Å². The van der Waals surface area contributed by atoms with Crippen molar-refractivity contribution in [3.63, 3.8) is 0 Å². The van der Waals surface area contributed by atoms with Crippen LogP contribution in [-0.2, 0) is 16.0 Å². The van der Waals surface area contributed by atoms with Crippen LogP contribution < -0.4 is 4.90 Å². The molecule has 0 aliphatic carbocycles. The second-order valence-corrected chi connectivity index (χ2v) is 6.55. The largest absolute Gasteiger partial charge is 0.274 e. The Morgan fingerprint density at radius 2 is 1.83 bits per heavy atom. The van der Waals surface area contributed by atoms with Crippen molar-refractivity contribution >= 4 is 40.2 Å². The van der Waals surface area contributed by atoms with Crippen molar-refractivity contribution in [2.24, 2.45) is 0 Å². The fourth-order valence-electron chi connectivity index (χ4n) is 2.86. The Morgan fingerprint density at radius 3 is 2.75 bits per heavy atom. The maximum absolute atomic E-state index is 12.5. The van der Waals surface area contributed by atoms with Gasteiger partial charge in [-0.05, 0) is 23.8 Å². The number of benzene rings is 2. The molecule has 4 rings (SSSR count). The third-order valence-electron chi connectivity index (χ3n) is 3.99. The molecular formula is C19H14N2O2S. The summed E-state index contributed by atoms with van der Waals surface area (Å²) in [6, 6.07) is 19.2. The minimum Gasteiger partial charge on any atom is -0.274 e. The number of hydrogen-bond acceptors (Lipinski definition) is 4. The lowest BCUT2D eigenvalue weighted by molar-refractivity contribution is -0.124. The van der Waals surface area contributed by atoms with E-state index in [9.17, 15) is 9.59 Å². The number of anilines is 1. The maximum Gasteiger partial charge on any atom is 0.244 e. The number of para-hydroxylation sites is 2. The molecule has 0 fully saturated rings. The Kier molecular flexibility index (Phi) is 3.78. The van der Waals surface area contributed by atoms with E-state index in [0.29, 0.717) is 12.1 Å². The summed E-state index contributed by atoms with van der Waals surface area (Å²) in [6.07, 6.45) is 0.292. The summed E-state index contributed by atoms with van der Waals surface area (Å²) >= 11 is 1.35. The van der Waals surface area contributed by atoms with Crippen LogP contribution in [0.1, 0.15) is 5.56 Å². The molecule has 1 aromatic heterocycles. The molecule has 0 atom stereocenters. The zero-order valence-corrected chi connectivity index (χ0v) is 13.6. The van der Waals surface area contributed by atoms with Gasteiger partial charge >= 0.3 is 0 Å². The highest BCUT2D eigenvalue weighted by atomic mass is 32.2. The third kappa shape index (κ3) is 2.67. The van der Waals surface area contributed by atoms with Crippen LogP contribution in [0.25, 0.3) is 10.9 Å². The number of nitrogens with zero attached hydrogens (tertiary/aromatic N) is 2. The van der Waals surface area contributed by atoms with Gasteiger partial charge in [0.15, 0.2) is 0 Å². The van der Waals surface area contributed by atoms with Crippen molar-refractivity contribution in [2.45, 2.75) is 11.4 Å². The number of hydrogen-bond donors (Lipinski definition) is 0. The van der Waals surface area contributed by atoms with E-state index in [-0.39, 0.29) is 17.6 Å². The van der Waals surface area contributed by atoms with E-state index in [1.807, 2.05) is 60.7 Å². The number of thioether (sulfide) groups is 1. The van der Waals surface area contributed by atoms with E-state index in [2.05, 4.69) is 4.98 Å². The fourth-order valence-corrected chi connectivity index (χ4v) is 3.58. The molecule has 2 aromatic carbocycles. The van der Waals surface area contributed by atoms with E-state index in [1.165, 1.54) is 16.7 Å². The van der Waals surface area contributed by atoms with Gasteiger partial charge in [0.25, 0.3) is 0 Å². The molecule has 0 saturated carbocycles. The predicted octanol–water partition coefficient (Wildman–Crippen LogP) is 3.44. The van der Waals surface area contributed by atoms with Crippen LogP contribution in [0.5, 0.6) is 0 Å². The summed E-state index contributed by atoms with van der Waals surface area (Å²) in [5.41, 5.74) is 2.52. The summed E-state index contributed by atoms with van der Waals surface area (Å²) in [6.45, 7) is 0. The summed E-state index contributed by atoms with van der Waals surface area (Å²) in [5.74, 6) is -0.177. The summed E-state index contributed by atoms with van der Waals surface area (Å²) < 4.78 is 0. The highest BCUT2D eigenvalue weighted by Crippen LogP contribution is 2.29. The number of carbonyl (C=O) groups excluding carboxylic acids is 2. The Hall–Kier alpha value is -2.66. The number of aromatic nitrogens is 1. The zero-order valence-electron chi connectivity index (χ0n) is 12.8. The Balaban J connectivity index is 1.51. The van der Waals surface area contributed by atoms with Crippen molar-refractivity contribution in [1.82, 2.24) is 4.98 Å². The number of carbonyl (C=O) groups is 2. The normalized spacial score (nSPS) is 13.3. The lowest BCUT2D eigenvalue weighted by Gasteiger charge is -2.15. The lowest BCUT2D eigenvalue weighted by Crippen LogP contribution is -2.35. The topological polar surface area (TPSA) is 50.3 Å². The highest BCUT2D eigenvalue weighted by Gasteiger charge is 2.31. The van der Waals surface area contributed by atoms with E-state index < -0.39 is 0 Å². The monoisotopic (exact) mass is 334 g/mol. The summed E-state index contributed by atoms with van der Waals surface area (Å²) in [4.78, 5) is 30.5. The van der Waals surface area contributed by atoms with Gasteiger partial charge in [-0.2, -0.15) is 0 Å². The molecule has 24 heavy (non-hydrogen) atoms. The molecule has 3 aromatic rings. The zero-order chi connectivity index (χ0) is 16.5. The molecule has 0 radical (unpaired) electrons. The van der Waals surface area contributed by atoms with Crippen LogP contribution >= 0.6 is 11.8 Å². The van der Waals surface area contributed by atoms with E-state index in [0.717, 1.165) is 21.5 Å². The minimum atomic E-state index is -0.204. The minimum absolute atomic E-state index is 0.159. The molecule has 0 spiro atoms. The van der Waals surface area contributed by atoms with Gasteiger partial charge in [-0.25, -0.2) is 9.88 Å². The van der Waals surface area contributed by atoms with Gasteiger partial charge in [-0.15, -0.1) is 0 Å². The summed E-state index contributed by atoms with van der Waals surface area (Å²) in [7, 11) is 0. The third-order valence-corrected chi connectivity index (χ3v) is 4.90. The van der Waals surface area contributed by atoms with Gasteiger partial charge in [0, 0.05) is 5.39 Å². The number of pyridine rings is 1. The maximum atomic E-state index is 12.5. The molecule has 0 unspecified atom stereocenters. The van der Waals surface area contributed by atoms with Crippen LogP contribution in [0.3, 0.4) is 0 Å². The van der Waals surface area contributed by atoms with Gasteiger partial charge in [-0.1, -0.05) is 54.2 Å². The molecule has 0 N–H and O–H groups in total. The average molecular weight is 334 g/mol. The van der Waals surface area contributed by atoms with Crippen molar-refractivity contribution < 1.29 is 9.59 Å². The molecule has 5 heteroatoms. The number of imide groups is 1. The first kappa shape index (κ1) is 14.9.